The van der Waals surface area contributed by atoms with E-state index in [0.717, 1.165) is 35.6 Å². The van der Waals surface area contributed by atoms with Crippen LogP contribution in [0, 0.1) is 23.5 Å². The highest BCUT2D eigenvalue weighted by atomic mass is 35.5. The van der Waals surface area contributed by atoms with Gasteiger partial charge in [-0.1, -0.05) is 109 Å². The van der Waals surface area contributed by atoms with Gasteiger partial charge < -0.3 is 9.64 Å². The average molecular weight is 649 g/mol. The first-order chi connectivity index (χ1) is 21.8. The zero-order valence-corrected chi connectivity index (χ0v) is 26.7. The smallest absolute Gasteiger partial charge is 0.227 e. The minimum Gasteiger partial charge on any atom is -0.361 e. The Morgan fingerprint density at radius 3 is 2.02 bits per heavy atom. The molecular weight excluding hydrogens is 611 g/mol. The van der Waals surface area contributed by atoms with Crippen LogP contribution in [-0.2, 0) is 28.2 Å². The summed E-state index contributed by atoms with van der Waals surface area (Å²) in [6, 6.07) is 28.2. The topological polar surface area (TPSA) is 29.5 Å². The molecule has 1 aliphatic carbocycles. The predicted molar refractivity (Wildman–Crippen MR) is 177 cm³/mol. The van der Waals surface area contributed by atoms with Gasteiger partial charge in [-0.25, -0.2) is 8.78 Å². The van der Waals surface area contributed by atoms with Crippen LogP contribution in [0.4, 0.5) is 14.5 Å². The van der Waals surface area contributed by atoms with Crippen LogP contribution < -0.4 is 4.90 Å². The Hall–Kier alpha value is -3.25. The summed E-state index contributed by atoms with van der Waals surface area (Å²) in [6.45, 7) is 0.623. The molecule has 3 nitrogen and oxygen atoms in total. The highest BCUT2D eigenvalue weighted by Gasteiger charge is 2.43. The minimum atomic E-state index is -0.647. The molecule has 4 aromatic rings. The number of anilines is 1. The Kier molecular flexibility index (Phi) is 9.89. The lowest BCUT2D eigenvalue weighted by molar-refractivity contribution is -0.120. The third-order valence-corrected chi connectivity index (χ3v) is 10.0. The summed E-state index contributed by atoms with van der Waals surface area (Å²) in [5.41, 5.74) is 3.31. The number of carbonyl (C=O) groups is 1. The Morgan fingerprint density at radius 1 is 0.800 bits per heavy atom. The van der Waals surface area contributed by atoms with Crippen LogP contribution >= 0.6 is 23.2 Å². The lowest BCUT2D eigenvalue weighted by Gasteiger charge is -2.43. The van der Waals surface area contributed by atoms with E-state index in [2.05, 4.69) is 48.5 Å². The van der Waals surface area contributed by atoms with Crippen LogP contribution in [0.1, 0.15) is 67.2 Å². The fourth-order valence-corrected chi connectivity index (χ4v) is 7.99. The molecule has 0 radical (unpaired) electrons. The Morgan fingerprint density at radius 2 is 1.42 bits per heavy atom. The fourth-order valence-electron chi connectivity index (χ4n) is 7.25. The van der Waals surface area contributed by atoms with Crippen molar-refractivity contribution in [1.29, 1.82) is 0 Å². The molecule has 1 heterocycles. The SMILES string of the molecule is O=C1CCC(Cc2ccc(F)cc2F)CN1c1c(Cl)cc(COC(c2ccccc2)(c2ccccc2)C2CCCCC2)cc1Cl. The van der Waals surface area contributed by atoms with Crippen LogP contribution in [0.25, 0.3) is 0 Å². The molecule has 7 heteroatoms. The monoisotopic (exact) mass is 647 g/mol. The van der Waals surface area contributed by atoms with E-state index >= 15 is 0 Å². The third-order valence-electron chi connectivity index (χ3n) is 9.43. The van der Waals surface area contributed by atoms with Gasteiger partial charge in [0, 0.05) is 19.0 Å². The molecule has 1 atom stereocenters. The van der Waals surface area contributed by atoms with Crippen LogP contribution in [-0.4, -0.2) is 12.5 Å². The van der Waals surface area contributed by atoms with Gasteiger partial charge in [-0.3, -0.25) is 4.79 Å². The number of benzene rings is 4. The summed E-state index contributed by atoms with van der Waals surface area (Å²) in [5.74, 6) is -0.985. The predicted octanol–water partition coefficient (Wildman–Crippen LogP) is 10.3. The quantitative estimate of drug-likeness (QED) is 0.181. The fraction of sp³-hybridized carbons (Fsp3) is 0.342. The van der Waals surface area contributed by atoms with Crippen molar-refractivity contribution in [3.05, 3.63) is 135 Å². The van der Waals surface area contributed by atoms with Crippen molar-refractivity contribution in [2.45, 2.75) is 63.6 Å². The van der Waals surface area contributed by atoms with E-state index in [1.807, 2.05) is 24.3 Å². The third kappa shape index (κ3) is 6.82. The number of halogens is 4. The van der Waals surface area contributed by atoms with Gasteiger partial charge in [0.15, 0.2) is 0 Å². The van der Waals surface area contributed by atoms with E-state index in [-0.39, 0.29) is 18.4 Å². The van der Waals surface area contributed by atoms with Crippen molar-refractivity contribution in [1.82, 2.24) is 0 Å². The van der Waals surface area contributed by atoms with Crippen LogP contribution in [0.15, 0.2) is 91.0 Å². The number of rotatable bonds is 9. The van der Waals surface area contributed by atoms with Gasteiger partial charge in [-0.05, 0) is 78.0 Å². The molecule has 1 saturated heterocycles. The van der Waals surface area contributed by atoms with Gasteiger partial charge in [0.05, 0.1) is 22.3 Å². The lowest BCUT2D eigenvalue weighted by atomic mass is 9.69. The van der Waals surface area contributed by atoms with Crippen molar-refractivity contribution in [2.24, 2.45) is 11.8 Å². The molecule has 1 amide bonds. The zero-order chi connectivity index (χ0) is 31.4. The number of hydrogen-bond donors (Lipinski definition) is 0. The first-order valence-electron chi connectivity index (χ1n) is 15.8. The molecule has 1 aliphatic heterocycles. The number of amides is 1. The second kappa shape index (κ2) is 14.0. The van der Waals surface area contributed by atoms with Gasteiger partial charge in [-0.15, -0.1) is 0 Å². The second-order valence-electron chi connectivity index (χ2n) is 12.3. The molecule has 2 aliphatic rings. The lowest BCUT2D eigenvalue weighted by Crippen LogP contribution is -2.41. The molecular formula is C38H37Cl2F2NO2. The van der Waals surface area contributed by atoms with Gasteiger partial charge in [-0.2, -0.15) is 0 Å². The van der Waals surface area contributed by atoms with Gasteiger partial charge in [0.1, 0.15) is 17.2 Å². The molecule has 234 valence electrons. The first kappa shape index (κ1) is 31.7. The minimum absolute atomic E-state index is 0.0225. The van der Waals surface area contributed by atoms with Crippen LogP contribution in [0.5, 0.6) is 0 Å². The molecule has 4 aromatic carbocycles. The Bertz CT molecular complexity index is 1560. The molecule has 0 N–H and O–H groups in total. The van der Waals surface area contributed by atoms with Crippen molar-refractivity contribution < 1.29 is 18.3 Å². The van der Waals surface area contributed by atoms with Gasteiger partial charge in [0.2, 0.25) is 5.91 Å². The van der Waals surface area contributed by atoms with E-state index in [9.17, 15) is 13.6 Å². The molecule has 1 unspecified atom stereocenters. The largest absolute Gasteiger partial charge is 0.361 e. The highest BCUT2D eigenvalue weighted by Crippen LogP contribution is 2.48. The van der Waals surface area contributed by atoms with E-state index in [1.54, 1.807) is 4.90 Å². The highest BCUT2D eigenvalue weighted by molar-refractivity contribution is 6.40. The summed E-state index contributed by atoms with van der Waals surface area (Å²) in [5, 5.41) is 0.733. The summed E-state index contributed by atoms with van der Waals surface area (Å²) >= 11 is 13.8. The number of piperidine rings is 1. The van der Waals surface area contributed by atoms with Crippen LogP contribution in [0.3, 0.4) is 0 Å². The van der Waals surface area contributed by atoms with Gasteiger partial charge in [0.25, 0.3) is 0 Å². The number of carbonyl (C=O) groups excluding carboxylic acids is 1. The summed E-state index contributed by atoms with van der Waals surface area (Å²) in [7, 11) is 0. The molecule has 6 rings (SSSR count). The van der Waals surface area contributed by atoms with E-state index in [4.69, 9.17) is 27.9 Å². The maximum absolute atomic E-state index is 14.4. The molecule has 45 heavy (non-hydrogen) atoms. The maximum Gasteiger partial charge on any atom is 0.227 e. The number of hydrogen-bond acceptors (Lipinski definition) is 2. The summed E-state index contributed by atoms with van der Waals surface area (Å²) in [4.78, 5) is 14.7. The van der Waals surface area contributed by atoms with E-state index in [0.29, 0.717) is 53.0 Å². The molecule has 0 aromatic heterocycles. The number of ether oxygens (including phenoxy) is 1. The summed E-state index contributed by atoms with van der Waals surface area (Å²) < 4.78 is 34.9. The van der Waals surface area contributed by atoms with Crippen molar-refractivity contribution in [3.8, 4) is 0 Å². The standard InChI is InChI=1S/C38H37Cl2F2NO2/c39-33-21-27(22-34(40)37(33)43-24-26(16-19-36(43)44)20-28-17-18-32(41)23-35(28)42)25-45-38(29-10-4-1-5-11-29,30-12-6-2-7-13-30)31-14-8-3-9-15-31/h1-2,4-7,10-13,17-18,21-23,26,31H,3,8-9,14-16,19-20,24-25H2. The first-order valence-corrected chi connectivity index (χ1v) is 16.6. The molecule has 0 spiro atoms. The molecule has 1 saturated carbocycles. The van der Waals surface area contributed by atoms with Crippen molar-refractivity contribution in [3.63, 3.8) is 0 Å². The number of nitrogens with zero attached hydrogens (tertiary/aromatic N) is 1. The molecule has 0 bridgehead atoms. The van der Waals surface area contributed by atoms with Gasteiger partial charge >= 0.3 is 0 Å². The van der Waals surface area contributed by atoms with Crippen molar-refractivity contribution in [2.75, 3.05) is 11.4 Å². The summed E-state index contributed by atoms with van der Waals surface area (Å²) in [6.07, 6.45) is 7.01. The van der Waals surface area contributed by atoms with E-state index < -0.39 is 17.2 Å². The normalized spacial score (nSPS) is 17.9. The second-order valence-corrected chi connectivity index (χ2v) is 13.2. The van der Waals surface area contributed by atoms with Crippen molar-refractivity contribution >= 4 is 34.8 Å². The maximum atomic E-state index is 14.4. The Balaban J connectivity index is 1.28. The average Bonchev–Trinajstić information content (AvgIpc) is 3.05. The molecule has 2 fully saturated rings. The Labute approximate surface area is 274 Å². The zero-order valence-electron chi connectivity index (χ0n) is 25.2. The van der Waals surface area contributed by atoms with E-state index in [1.165, 1.54) is 31.4 Å². The van der Waals surface area contributed by atoms with Crippen LogP contribution in [0.2, 0.25) is 10.0 Å².